The molecule has 0 aliphatic heterocycles. The predicted molar refractivity (Wildman–Crippen MR) is 87.7 cm³/mol. The van der Waals surface area contributed by atoms with Gasteiger partial charge in [0.05, 0.1) is 5.01 Å². The van der Waals surface area contributed by atoms with Gasteiger partial charge in [-0.15, -0.1) is 11.3 Å². The van der Waals surface area contributed by atoms with E-state index < -0.39 is 0 Å². The van der Waals surface area contributed by atoms with Crippen molar-refractivity contribution in [1.82, 2.24) is 20.5 Å². The van der Waals surface area contributed by atoms with Gasteiger partial charge in [-0.3, -0.25) is 4.99 Å². The Kier molecular flexibility index (Phi) is 7.54. The normalized spacial score (nSPS) is 12.2. The zero-order valence-corrected chi connectivity index (χ0v) is 14.0. The quantitative estimate of drug-likeness (QED) is 0.591. The van der Waals surface area contributed by atoms with Crippen molar-refractivity contribution in [2.45, 2.75) is 33.2 Å². The summed E-state index contributed by atoms with van der Waals surface area (Å²) in [4.78, 5) is 12.1. The standard InChI is InChI=1S/C14H27N5S/c1-11(2)19(5)9-8-17-14(15-4)16-7-6-13-18-10-12(3)20-13/h10-11H,6-9H2,1-5H3,(H2,15,16,17). The SMILES string of the molecule is CN=C(NCCc1ncc(C)s1)NCCN(C)C(C)C. The highest BCUT2D eigenvalue weighted by atomic mass is 32.1. The van der Waals surface area contributed by atoms with Crippen LogP contribution in [0.4, 0.5) is 0 Å². The minimum absolute atomic E-state index is 0.569. The highest BCUT2D eigenvalue weighted by Gasteiger charge is 2.04. The van der Waals surface area contributed by atoms with Crippen molar-refractivity contribution in [1.29, 1.82) is 0 Å². The fourth-order valence-electron chi connectivity index (χ4n) is 1.63. The molecule has 1 aromatic heterocycles. The van der Waals surface area contributed by atoms with Crippen LogP contribution in [-0.4, -0.2) is 55.6 Å². The van der Waals surface area contributed by atoms with E-state index in [9.17, 15) is 0 Å². The second-order valence-electron chi connectivity index (χ2n) is 5.11. The molecule has 0 bridgehead atoms. The summed E-state index contributed by atoms with van der Waals surface area (Å²) < 4.78 is 0. The molecule has 1 aromatic rings. The van der Waals surface area contributed by atoms with Crippen LogP contribution in [0.3, 0.4) is 0 Å². The summed E-state index contributed by atoms with van der Waals surface area (Å²) in [5.41, 5.74) is 0. The number of guanidine groups is 1. The van der Waals surface area contributed by atoms with E-state index in [2.05, 4.69) is 53.3 Å². The Balaban J connectivity index is 2.20. The number of nitrogens with one attached hydrogen (secondary N) is 2. The average molecular weight is 297 g/mol. The van der Waals surface area contributed by atoms with Crippen LogP contribution in [0, 0.1) is 6.92 Å². The van der Waals surface area contributed by atoms with Gasteiger partial charge in [0.2, 0.25) is 0 Å². The number of thiazole rings is 1. The molecule has 20 heavy (non-hydrogen) atoms. The minimum atomic E-state index is 0.569. The molecule has 0 saturated carbocycles. The van der Waals surface area contributed by atoms with E-state index in [1.54, 1.807) is 18.4 Å². The van der Waals surface area contributed by atoms with E-state index in [0.29, 0.717) is 6.04 Å². The third-order valence-corrected chi connectivity index (χ3v) is 4.14. The molecule has 0 spiro atoms. The van der Waals surface area contributed by atoms with Gasteiger partial charge in [-0.2, -0.15) is 0 Å². The Labute approximate surface area is 126 Å². The van der Waals surface area contributed by atoms with Crippen molar-refractivity contribution in [3.63, 3.8) is 0 Å². The van der Waals surface area contributed by atoms with E-state index in [4.69, 9.17) is 0 Å². The molecular weight excluding hydrogens is 270 g/mol. The fraction of sp³-hybridized carbons (Fsp3) is 0.714. The minimum Gasteiger partial charge on any atom is -0.356 e. The predicted octanol–water partition coefficient (Wildman–Crippen LogP) is 1.50. The molecule has 0 unspecified atom stereocenters. The van der Waals surface area contributed by atoms with E-state index >= 15 is 0 Å². The van der Waals surface area contributed by atoms with Gasteiger partial charge < -0.3 is 15.5 Å². The third-order valence-electron chi connectivity index (χ3n) is 3.16. The molecule has 0 saturated heterocycles. The molecule has 0 fully saturated rings. The molecule has 0 atom stereocenters. The van der Waals surface area contributed by atoms with Crippen molar-refractivity contribution in [3.8, 4) is 0 Å². The molecule has 1 heterocycles. The number of nitrogens with zero attached hydrogens (tertiary/aromatic N) is 3. The Morgan fingerprint density at radius 2 is 2.10 bits per heavy atom. The topological polar surface area (TPSA) is 52.6 Å². The van der Waals surface area contributed by atoms with Crippen LogP contribution in [-0.2, 0) is 6.42 Å². The zero-order chi connectivity index (χ0) is 15.0. The van der Waals surface area contributed by atoms with Crippen LogP contribution >= 0.6 is 11.3 Å². The number of hydrogen-bond donors (Lipinski definition) is 2. The van der Waals surface area contributed by atoms with E-state index in [1.165, 1.54) is 9.88 Å². The number of hydrogen-bond acceptors (Lipinski definition) is 4. The highest BCUT2D eigenvalue weighted by molar-refractivity contribution is 7.11. The third kappa shape index (κ3) is 6.34. The first kappa shape index (κ1) is 16.9. The van der Waals surface area contributed by atoms with Crippen molar-refractivity contribution in [3.05, 3.63) is 16.1 Å². The van der Waals surface area contributed by atoms with Crippen LogP contribution < -0.4 is 10.6 Å². The molecule has 114 valence electrons. The maximum atomic E-state index is 4.35. The molecule has 0 aliphatic rings. The zero-order valence-electron chi connectivity index (χ0n) is 13.2. The lowest BCUT2D eigenvalue weighted by atomic mass is 10.3. The summed E-state index contributed by atoms with van der Waals surface area (Å²) >= 11 is 1.75. The molecule has 6 heteroatoms. The second kappa shape index (κ2) is 8.92. The van der Waals surface area contributed by atoms with Gasteiger partial charge >= 0.3 is 0 Å². The molecule has 1 rings (SSSR count). The van der Waals surface area contributed by atoms with Gasteiger partial charge in [0.1, 0.15) is 0 Å². The lowest BCUT2D eigenvalue weighted by Crippen LogP contribution is -2.42. The Hall–Kier alpha value is -1.14. The molecule has 0 aliphatic carbocycles. The summed E-state index contributed by atoms with van der Waals surface area (Å²) in [5, 5.41) is 7.82. The second-order valence-corrected chi connectivity index (χ2v) is 6.43. The highest BCUT2D eigenvalue weighted by Crippen LogP contribution is 2.10. The molecule has 2 N–H and O–H groups in total. The van der Waals surface area contributed by atoms with Crippen LogP contribution in [0.1, 0.15) is 23.7 Å². The first-order valence-corrected chi connectivity index (χ1v) is 7.90. The summed E-state index contributed by atoms with van der Waals surface area (Å²) in [5.74, 6) is 0.857. The molecular formula is C14H27N5S. The van der Waals surface area contributed by atoms with Gasteiger partial charge in [0.25, 0.3) is 0 Å². The first-order chi connectivity index (χ1) is 9.52. The van der Waals surface area contributed by atoms with E-state index in [1.807, 2.05) is 6.20 Å². The molecule has 0 amide bonds. The summed E-state index contributed by atoms with van der Waals surface area (Å²) in [6, 6.07) is 0.569. The summed E-state index contributed by atoms with van der Waals surface area (Å²) in [7, 11) is 3.93. The fourth-order valence-corrected chi connectivity index (χ4v) is 2.42. The van der Waals surface area contributed by atoms with Crippen LogP contribution in [0.25, 0.3) is 0 Å². The monoisotopic (exact) mass is 297 g/mol. The smallest absolute Gasteiger partial charge is 0.191 e. The van der Waals surface area contributed by atoms with Crippen molar-refractivity contribution >= 4 is 17.3 Å². The Morgan fingerprint density at radius 1 is 1.40 bits per heavy atom. The number of likely N-dealkylation sites (N-methyl/N-ethyl adjacent to an activating group) is 1. The van der Waals surface area contributed by atoms with Gasteiger partial charge in [-0.1, -0.05) is 0 Å². The van der Waals surface area contributed by atoms with E-state index in [0.717, 1.165) is 32.0 Å². The summed E-state index contributed by atoms with van der Waals surface area (Å²) in [6.45, 7) is 9.23. The van der Waals surface area contributed by atoms with Gasteiger partial charge in [0.15, 0.2) is 5.96 Å². The van der Waals surface area contributed by atoms with Gasteiger partial charge in [-0.05, 0) is 27.8 Å². The lowest BCUT2D eigenvalue weighted by Gasteiger charge is -2.21. The average Bonchev–Trinajstić information content (AvgIpc) is 2.82. The molecule has 5 nitrogen and oxygen atoms in total. The van der Waals surface area contributed by atoms with Gasteiger partial charge in [-0.25, -0.2) is 4.98 Å². The number of aliphatic imine (C=N–C) groups is 1. The lowest BCUT2D eigenvalue weighted by molar-refractivity contribution is 0.278. The summed E-state index contributed by atoms with van der Waals surface area (Å²) in [6.07, 6.45) is 2.86. The number of aromatic nitrogens is 1. The largest absolute Gasteiger partial charge is 0.356 e. The maximum Gasteiger partial charge on any atom is 0.191 e. The van der Waals surface area contributed by atoms with Crippen molar-refractivity contribution in [2.75, 3.05) is 33.7 Å². The van der Waals surface area contributed by atoms with Crippen molar-refractivity contribution < 1.29 is 0 Å². The van der Waals surface area contributed by atoms with Crippen LogP contribution in [0.5, 0.6) is 0 Å². The first-order valence-electron chi connectivity index (χ1n) is 7.09. The Bertz CT molecular complexity index is 413. The van der Waals surface area contributed by atoms with Gasteiger partial charge in [0, 0.05) is 50.2 Å². The maximum absolute atomic E-state index is 4.35. The molecule has 0 radical (unpaired) electrons. The van der Waals surface area contributed by atoms with Crippen molar-refractivity contribution in [2.24, 2.45) is 4.99 Å². The van der Waals surface area contributed by atoms with E-state index in [-0.39, 0.29) is 0 Å². The Morgan fingerprint density at radius 3 is 2.65 bits per heavy atom. The van der Waals surface area contributed by atoms with Crippen LogP contribution in [0.2, 0.25) is 0 Å². The number of rotatable bonds is 7. The molecule has 0 aromatic carbocycles. The number of aryl methyl sites for hydroxylation is 1. The van der Waals surface area contributed by atoms with Crippen LogP contribution in [0.15, 0.2) is 11.2 Å².